The summed E-state index contributed by atoms with van der Waals surface area (Å²) in [6.07, 6.45) is 2.31. The van der Waals surface area contributed by atoms with E-state index in [0.29, 0.717) is 18.2 Å². The molecule has 1 heterocycles. The average Bonchev–Trinajstić information content (AvgIpc) is 2.50. The molecule has 0 radical (unpaired) electrons. The minimum absolute atomic E-state index is 0.0999. The van der Waals surface area contributed by atoms with Gasteiger partial charge in [-0.3, -0.25) is 9.78 Å². The topological polar surface area (TPSA) is 72.1 Å². The van der Waals surface area contributed by atoms with Crippen LogP contribution in [0.1, 0.15) is 30.8 Å². The van der Waals surface area contributed by atoms with Gasteiger partial charge in [0, 0.05) is 19.6 Å². The third-order valence-electron chi connectivity index (χ3n) is 3.67. The fourth-order valence-electron chi connectivity index (χ4n) is 2.03. The number of rotatable bonds is 5. The van der Waals surface area contributed by atoms with Crippen LogP contribution in [0.15, 0.2) is 30.5 Å². The molecule has 0 saturated heterocycles. The summed E-state index contributed by atoms with van der Waals surface area (Å²) < 4.78 is 0. The van der Waals surface area contributed by atoms with Gasteiger partial charge < -0.3 is 10.6 Å². The lowest BCUT2D eigenvalue weighted by molar-refractivity contribution is 0.0783. The standard InChI is InChI=1S/C16H22N4O/c1-11(2)12(17)8-9-20(3)16(21)15-10-18-13-6-4-5-7-14(13)19-15/h4-7,10-12H,8-9,17H2,1-3H3. The van der Waals surface area contributed by atoms with Gasteiger partial charge in [0.05, 0.1) is 17.2 Å². The maximum absolute atomic E-state index is 12.4. The molecule has 1 aromatic carbocycles. The number of hydrogen-bond donors (Lipinski definition) is 1. The van der Waals surface area contributed by atoms with E-state index in [9.17, 15) is 4.79 Å². The lowest BCUT2D eigenvalue weighted by atomic mass is 10.0. The molecule has 0 spiro atoms. The quantitative estimate of drug-likeness (QED) is 0.913. The van der Waals surface area contributed by atoms with Gasteiger partial charge in [0.25, 0.3) is 5.91 Å². The van der Waals surface area contributed by atoms with Crippen LogP contribution in [-0.4, -0.2) is 40.4 Å². The molecule has 1 aromatic heterocycles. The number of para-hydroxylation sites is 2. The highest BCUT2D eigenvalue weighted by atomic mass is 16.2. The number of nitrogens with zero attached hydrogens (tertiary/aromatic N) is 3. The minimum atomic E-state index is -0.121. The molecule has 5 nitrogen and oxygen atoms in total. The van der Waals surface area contributed by atoms with Crippen molar-refractivity contribution in [2.45, 2.75) is 26.3 Å². The average molecular weight is 286 g/mol. The van der Waals surface area contributed by atoms with Crippen molar-refractivity contribution in [3.8, 4) is 0 Å². The second kappa shape index (κ2) is 6.63. The Morgan fingerprint density at radius 3 is 2.62 bits per heavy atom. The molecule has 1 atom stereocenters. The van der Waals surface area contributed by atoms with Crippen LogP contribution >= 0.6 is 0 Å². The molecule has 2 N–H and O–H groups in total. The summed E-state index contributed by atoms with van der Waals surface area (Å²) in [5.74, 6) is 0.290. The molecule has 0 fully saturated rings. The van der Waals surface area contributed by atoms with E-state index in [1.165, 1.54) is 6.20 Å². The highest BCUT2D eigenvalue weighted by Crippen LogP contribution is 2.10. The van der Waals surface area contributed by atoms with Gasteiger partial charge in [-0.1, -0.05) is 26.0 Å². The monoisotopic (exact) mass is 286 g/mol. The van der Waals surface area contributed by atoms with Crippen molar-refractivity contribution in [3.63, 3.8) is 0 Å². The Morgan fingerprint density at radius 2 is 1.95 bits per heavy atom. The Hall–Kier alpha value is -2.01. The number of benzene rings is 1. The number of amides is 1. The van der Waals surface area contributed by atoms with Gasteiger partial charge >= 0.3 is 0 Å². The van der Waals surface area contributed by atoms with Crippen LogP contribution in [0, 0.1) is 5.92 Å². The highest BCUT2D eigenvalue weighted by molar-refractivity contribution is 5.93. The van der Waals surface area contributed by atoms with Crippen molar-refractivity contribution in [2.24, 2.45) is 11.7 Å². The van der Waals surface area contributed by atoms with E-state index >= 15 is 0 Å². The van der Waals surface area contributed by atoms with Crippen LogP contribution in [0.2, 0.25) is 0 Å². The summed E-state index contributed by atoms with van der Waals surface area (Å²) in [6, 6.07) is 7.62. The predicted octanol–water partition coefficient (Wildman–Crippen LogP) is 2.08. The van der Waals surface area contributed by atoms with Gasteiger partial charge in [-0.05, 0) is 24.5 Å². The third kappa shape index (κ3) is 3.76. The molecule has 2 aromatic rings. The summed E-state index contributed by atoms with van der Waals surface area (Å²) in [7, 11) is 1.77. The largest absolute Gasteiger partial charge is 0.340 e. The van der Waals surface area contributed by atoms with Gasteiger partial charge in [0.2, 0.25) is 0 Å². The zero-order valence-corrected chi connectivity index (χ0v) is 12.8. The first-order chi connectivity index (χ1) is 9.99. The second-order valence-corrected chi connectivity index (χ2v) is 5.67. The first-order valence-corrected chi connectivity index (χ1v) is 7.22. The molecule has 0 bridgehead atoms. The van der Waals surface area contributed by atoms with Crippen molar-refractivity contribution < 1.29 is 4.79 Å². The molecular formula is C16H22N4O. The third-order valence-corrected chi connectivity index (χ3v) is 3.67. The minimum Gasteiger partial charge on any atom is -0.340 e. The van der Waals surface area contributed by atoms with E-state index in [-0.39, 0.29) is 11.9 Å². The number of fused-ring (bicyclic) bond motifs is 1. The van der Waals surface area contributed by atoms with Gasteiger partial charge in [-0.25, -0.2) is 4.98 Å². The maximum Gasteiger partial charge on any atom is 0.273 e. The molecule has 0 aliphatic rings. The van der Waals surface area contributed by atoms with Crippen molar-refractivity contribution in [1.82, 2.24) is 14.9 Å². The molecule has 0 aliphatic heterocycles. The Bertz CT molecular complexity index is 626. The summed E-state index contributed by atoms with van der Waals surface area (Å²) in [5, 5.41) is 0. The van der Waals surface area contributed by atoms with Crippen LogP contribution in [0.4, 0.5) is 0 Å². The number of hydrogen-bond acceptors (Lipinski definition) is 4. The van der Waals surface area contributed by atoms with Crippen LogP contribution in [-0.2, 0) is 0 Å². The summed E-state index contributed by atoms with van der Waals surface area (Å²) in [5.41, 5.74) is 7.90. The van der Waals surface area contributed by atoms with Crippen molar-refractivity contribution >= 4 is 16.9 Å². The molecule has 1 unspecified atom stereocenters. The second-order valence-electron chi connectivity index (χ2n) is 5.67. The van der Waals surface area contributed by atoms with Crippen molar-refractivity contribution in [3.05, 3.63) is 36.2 Å². The SMILES string of the molecule is CC(C)C(N)CCN(C)C(=O)c1cnc2ccccc2n1. The van der Waals surface area contributed by atoms with Crippen LogP contribution in [0.3, 0.4) is 0 Å². The Labute approximate surface area is 125 Å². The van der Waals surface area contributed by atoms with E-state index in [1.807, 2.05) is 24.3 Å². The van der Waals surface area contributed by atoms with E-state index in [0.717, 1.165) is 17.5 Å². The van der Waals surface area contributed by atoms with E-state index in [1.54, 1.807) is 11.9 Å². The fourth-order valence-corrected chi connectivity index (χ4v) is 2.03. The Morgan fingerprint density at radius 1 is 1.29 bits per heavy atom. The van der Waals surface area contributed by atoms with Crippen molar-refractivity contribution in [2.75, 3.05) is 13.6 Å². The predicted molar refractivity (Wildman–Crippen MR) is 83.9 cm³/mol. The van der Waals surface area contributed by atoms with Crippen molar-refractivity contribution in [1.29, 1.82) is 0 Å². The molecule has 0 aliphatic carbocycles. The first-order valence-electron chi connectivity index (χ1n) is 7.22. The molecule has 0 saturated carbocycles. The number of nitrogens with two attached hydrogens (primary N) is 1. The summed E-state index contributed by atoms with van der Waals surface area (Å²) in [6.45, 7) is 4.79. The van der Waals surface area contributed by atoms with E-state index in [2.05, 4.69) is 23.8 Å². The lowest BCUT2D eigenvalue weighted by Crippen LogP contribution is -2.35. The lowest BCUT2D eigenvalue weighted by Gasteiger charge is -2.21. The zero-order valence-electron chi connectivity index (χ0n) is 12.8. The molecular weight excluding hydrogens is 264 g/mol. The maximum atomic E-state index is 12.4. The van der Waals surface area contributed by atoms with E-state index < -0.39 is 0 Å². The number of aromatic nitrogens is 2. The highest BCUT2D eigenvalue weighted by Gasteiger charge is 2.16. The normalized spacial score (nSPS) is 12.6. The smallest absolute Gasteiger partial charge is 0.273 e. The molecule has 1 amide bonds. The molecule has 112 valence electrons. The number of carbonyl (C=O) groups excluding carboxylic acids is 1. The molecule has 5 heteroatoms. The number of carbonyl (C=O) groups is 1. The Balaban J connectivity index is 2.07. The zero-order chi connectivity index (χ0) is 15.4. The first kappa shape index (κ1) is 15.4. The summed E-state index contributed by atoms with van der Waals surface area (Å²) >= 11 is 0. The van der Waals surface area contributed by atoms with Crippen LogP contribution in [0.5, 0.6) is 0 Å². The van der Waals surface area contributed by atoms with Gasteiger partial charge in [-0.15, -0.1) is 0 Å². The van der Waals surface area contributed by atoms with Crippen LogP contribution in [0.25, 0.3) is 11.0 Å². The summed E-state index contributed by atoms with van der Waals surface area (Å²) in [4.78, 5) is 22.7. The Kier molecular flexibility index (Phi) is 4.85. The fraction of sp³-hybridized carbons (Fsp3) is 0.438. The molecule has 21 heavy (non-hydrogen) atoms. The van der Waals surface area contributed by atoms with Gasteiger partial charge in [0.1, 0.15) is 5.69 Å². The van der Waals surface area contributed by atoms with Gasteiger partial charge in [-0.2, -0.15) is 0 Å². The van der Waals surface area contributed by atoms with Crippen LogP contribution < -0.4 is 5.73 Å². The molecule has 2 rings (SSSR count). The van der Waals surface area contributed by atoms with E-state index in [4.69, 9.17) is 5.73 Å². The van der Waals surface area contributed by atoms with Gasteiger partial charge in [0.15, 0.2) is 0 Å².